The maximum atomic E-state index is 12.8. The van der Waals surface area contributed by atoms with Gasteiger partial charge in [0.2, 0.25) is 0 Å². The lowest BCUT2D eigenvalue weighted by Crippen LogP contribution is -2.18. The lowest BCUT2D eigenvalue weighted by Gasteiger charge is -2.09. The summed E-state index contributed by atoms with van der Waals surface area (Å²) in [4.78, 5) is 17.5. The molecule has 4 nitrogen and oxygen atoms in total. The highest BCUT2D eigenvalue weighted by atomic mass is 35.5. The van der Waals surface area contributed by atoms with Crippen LogP contribution in [0.1, 0.15) is 15.9 Å². The average Bonchev–Trinajstić information content (AvgIpc) is 2.74. The number of aromatic nitrogens is 1. The minimum atomic E-state index is -0.291. The zero-order valence-electron chi connectivity index (χ0n) is 14.8. The Morgan fingerprint density at radius 1 is 0.929 bits per heavy atom. The van der Waals surface area contributed by atoms with Gasteiger partial charge in [-0.15, -0.1) is 0 Å². The number of carbonyl (C=O) groups is 1. The Balaban J connectivity index is 1.69. The van der Waals surface area contributed by atoms with Crippen molar-refractivity contribution in [2.24, 2.45) is 5.10 Å². The number of fused-ring (bicyclic) bond motifs is 1. The van der Waals surface area contributed by atoms with Crippen molar-refractivity contribution >= 4 is 34.6 Å². The number of benzene rings is 3. The van der Waals surface area contributed by atoms with Gasteiger partial charge in [0.15, 0.2) is 0 Å². The summed E-state index contributed by atoms with van der Waals surface area (Å²) in [5, 5.41) is 5.50. The molecule has 0 saturated carbocycles. The van der Waals surface area contributed by atoms with E-state index in [1.54, 1.807) is 24.4 Å². The topological polar surface area (TPSA) is 54.4 Å². The lowest BCUT2D eigenvalue weighted by molar-refractivity contribution is 0.0957. The number of halogens is 1. The third-order valence-corrected chi connectivity index (χ3v) is 4.53. The molecular weight excluding hydrogens is 370 g/mol. The van der Waals surface area contributed by atoms with Gasteiger partial charge >= 0.3 is 0 Å². The number of nitrogens with zero attached hydrogens (tertiary/aromatic N) is 2. The number of hydrazone groups is 1. The lowest BCUT2D eigenvalue weighted by atomic mass is 10.0. The van der Waals surface area contributed by atoms with Gasteiger partial charge in [-0.1, -0.05) is 72.3 Å². The molecule has 5 heteroatoms. The highest BCUT2D eigenvalue weighted by molar-refractivity contribution is 6.30. The first-order chi connectivity index (χ1) is 13.7. The Hall–Kier alpha value is -3.50. The SMILES string of the molecule is O=C(N/N=C/c1ccccc1)c1cc(-c2ccc(Cl)cc2)nc2ccccc12. The summed E-state index contributed by atoms with van der Waals surface area (Å²) in [6, 6.07) is 26.3. The Kier molecular flexibility index (Phi) is 5.13. The summed E-state index contributed by atoms with van der Waals surface area (Å²) in [5.41, 5.74) is 6.36. The molecular formula is C23H16ClN3O. The van der Waals surface area contributed by atoms with Crippen molar-refractivity contribution in [2.45, 2.75) is 0 Å². The molecule has 136 valence electrons. The highest BCUT2D eigenvalue weighted by Gasteiger charge is 2.13. The monoisotopic (exact) mass is 385 g/mol. The maximum absolute atomic E-state index is 12.8. The van der Waals surface area contributed by atoms with Gasteiger partial charge in [-0.3, -0.25) is 4.79 Å². The number of hydrogen-bond donors (Lipinski definition) is 1. The molecule has 0 unspecified atom stereocenters. The van der Waals surface area contributed by atoms with Crippen LogP contribution in [-0.4, -0.2) is 17.1 Å². The number of para-hydroxylation sites is 1. The second kappa shape index (κ2) is 8.03. The van der Waals surface area contributed by atoms with E-state index in [2.05, 4.69) is 15.5 Å². The first-order valence-corrected chi connectivity index (χ1v) is 9.13. The first-order valence-electron chi connectivity index (χ1n) is 8.75. The molecule has 0 aliphatic rings. The van der Waals surface area contributed by atoms with Crippen LogP contribution in [0.15, 0.2) is 90.0 Å². The van der Waals surface area contributed by atoms with Crippen molar-refractivity contribution in [2.75, 3.05) is 0 Å². The Morgan fingerprint density at radius 2 is 1.64 bits per heavy atom. The summed E-state index contributed by atoms with van der Waals surface area (Å²) in [6.45, 7) is 0. The van der Waals surface area contributed by atoms with Gasteiger partial charge in [-0.25, -0.2) is 10.4 Å². The third-order valence-electron chi connectivity index (χ3n) is 4.28. The zero-order valence-corrected chi connectivity index (χ0v) is 15.6. The van der Waals surface area contributed by atoms with Crippen molar-refractivity contribution in [1.82, 2.24) is 10.4 Å². The van der Waals surface area contributed by atoms with Gasteiger partial charge in [-0.2, -0.15) is 5.10 Å². The average molecular weight is 386 g/mol. The summed E-state index contributed by atoms with van der Waals surface area (Å²) in [6.07, 6.45) is 1.61. The normalized spacial score (nSPS) is 11.0. The molecule has 1 N–H and O–H groups in total. The molecule has 3 aromatic carbocycles. The molecule has 0 bridgehead atoms. The molecule has 1 heterocycles. The number of rotatable bonds is 4. The predicted octanol–water partition coefficient (Wildman–Crippen LogP) is 5.32. The molecule has 0 fully saturated rings. The van der Waals surface area contributed by atoms with Crippen LogP contribution in [0.2, 0.25) is 5.02 Å². The number of amides is 1. The molecule has 0 spiro atoms. The fourth-order valence-corrected chi connectivity index (χ4v) is 3.02. The van der Waals surface area contributed by atoms with Crippen molar-refractivity contribution in [3.05, 3.63) is 101 Å². The van der Waals surface area contributed by atoms with E-state index in [4.69, 9.17) is 11.6 Å². The van der Waals surface area contributed by atoms with Crippen LogP contribution >= 0.6 is 11.6 Å². The van der Waals surface area contributed by atoms with Gasteiger partial charge in [0, 0.05) is 16.0 Å². The smallest absolute Gasteiger partial charge is 0.267 e. The van der Waals surface area contributed by atoms with E-state index >= 15 is 0 Å². The van der Waals surface area contributed by atoms with Crippen LogP contribution in [0, 0.1) is 0 Å². The van der Waals surface area contributed by atoms with E-state index in [-0.39, 0.29) is 5.91 Å². The molecule has 0 radical (unpaired) electrons. The Labute approximate surface area is 167 Å². The maximum Gasteiger partial charge on any atom is 0.272 e. The fourth-order valence-electron chi connectivity index (χ4n) is 2.90. The third kappa shape index (κ3) is 3.92. The molecule has 0 aliphatic carbocycles. The van der Waals surface area contributed by atoms with E-state index in [1.807, 2.05) is 66.7 Å². The summed E-state index contributed by atoms with van der Waals surface area (Å²) >= 11 is 5.98. The number of pyridine rings is 1. The number of carbonyl (C=O) groups excluding carboxylic acids is 1. The van der Waals surface area contributed by atoms with Gasteiger partial charge in [0.1, 0.15) is 0 Å². The highest BCUT2D eigenvalue weighted by Crippen LogP contribution is 2.26. The van der Waals surface area contributed by atoms with Crippen LogP contribution in [0.5, 0.6) is 0 Å². The molecule has 28 heavy (non-hydrogen) atoms. The fraction of sp³-hybridized carbons (Fsp3) is 0. The van der Waals surface area contributed by atoms with E-state index < -0.39 is 0 Å². The van der Waals surface area contributed by atoms with E-state index in [0.717, 1.165) is 22.0 Å². The second-order valence-electron chi connectivity index (χ2n) is 6.19. The van der Waals surface area contributed by atoms with Crippen molar-refractivity contribution in [3.63, 3.8) is 0 Å². The van der Waals surface area contributed by atoms with Crippen LogP contribution in [0.3, 0.4) is 0 Å². The van der Waals surface area contributed by atoms with E-state index in [9.17, 15) is 4.79 Å². The predicted molar refractivity (Wildman–Crippen MR) is 114 cm³/mol. The molecule has 4 rings (SSSR count). The molecule has 4 aromatic rings. The second-order valence-corrected chi connectivity index (χ2v) is 6.63. The van der Waals surface area contributed by atoms with Crippen LogP contribution < -0.4 is 5.43 Å². The van der Waals surface area contributed by atoms with Crippen molar-refractivity contribution in [1.29, 1.82) is 0 Å². The van der Waals surface area contributed by atoms with Gasteiger partial charge in [0.05, 0.1) is 23.0 Å². The first kappa shape index (κ1) is 17.9. The van der Waals surface area contributed by atoms with Crippen LogP contribution in [-0.2, 0) is 0 Å². The molecule has 1 aromatic heterocycles. The quantitative estimate of drug-likeness (QED) is 0.382. The van der Waals surface area contributed by atoms with Crippen LogP contribution in [0.25, 0.3) is 22.2 Å². The molecule has 0 saturated heterocycles. The molecule has 0 aliphatic heterocycles. The number of nitrogens with one attached hydrogen (secondary N) is 1. The van der Waals surface area contributed by atoms with Gasteiger partial charge in [-0.05, 0) is 29.8 Å². The molecule has 1 amide bonds. The van der Waals surface area contributed by atoms with E-state index in [1.165, 1.54) is 0 Å². The van der Waals surface area contributed by atoms with Crippen LogP contribution in [0.4, 0.5) is 0 Å². The minimum absolute atomic E-state index is 0.291. The van der Waals surface area contributed by atoms with Crippen molar-refractivity contribution in [3.8, 4) is 11.3 Å². The van der Waals surface area contributed by atoms with Gasteiger partial charge < -0.3 is 0 Å². The molecule has 0 atom stereocenters. The Bertz CT molecular complexity index is 1160. The standard InChI is InChI=1S/C23H16ClN3O/c24-18-12-10-17(11-13-18)22-14-20(19-8-4-5-9-21(19)26-22)23(28)27-25-15-16-6-2-1-3-7-16/h1-15H,(H,27,28)/b25-15+. The zero-order chi connectivity index (χ0) is 19.3. The summed E-state index contributed by atoms with van der Waals surface area (Å²) in [5.74, 6) is -0.291. The van der Waals surface area contributed by atoms with E-state index in [0.29, 0.717) is 16.3 Å². The largest absolute Gasteiger partial charge is 0.272 e. The van der Waals surface area contributed by atoms with Crippen molar-refractivity contribution < 1.29 is 4.79 Å². The summed E-state index contributed by atoms with van der Waals surface area (Å²) < 4.78 is 0. The minimum Gasteiger partial charge on any atom is -0.267 e. The Morgan fingerprint density at radius 3 is 2.43 bits per heavy atom. The van der Waals surface area contributed by atoms with Gasteiger partial charge in [0.25, 0.3) is 5.91 Å². The summed E-state index contributed by atoms with van der Waals surface area (Å²) in [7, 11) is 0. The number of hydrogen-bond acceptors (Lipinski definition) is 3.